The van der Waals surface area contributed by atoms with Crippen LogP contribution in [0, 0.1) is 0 Å². The van der Waals surface area contributed by atoms with E-state index in [-0.39, 0.29) is 9.79 Å². The molecular weight excluding hydrogens is 885 g/mol. The fourth-order valence-corrected chi connectivity index (χ4v) is 10.1. The predicted octanol–water partition coefficient (Wildman–Crippen LogP) is 9.34. The maximum Gasteiger partial charge on any atom is 0.241 e. The van der Waals surface area contributed by atoms with Gasteiger partial charge in [0.2, 0.25) is 20.0 Å². The van der Waals surface area contributed by atoms with Crippen LogP contribution < -0.4 is 37.9 Å². The Morgan fingerprint density at radius 3 is 1.24 bits per heavy atom. The number of hydrogen-bond acceptors (Lipinski definition) is 12. The molecule has 2 aromatic heterocycles. The lowest BCUT2D eigenvalue weighted by atomic mass is 10.0. The number of hydrogen-bond donors (Lipinski definition) is 2. The zero-order valence-corrected chi connectivity index (χ0v) is 37.6. The first-order chi connectivity index (χ1) is 32.1. The fraction of sp³-hybridized carbons (Fsp3) is 0.200. The number of sulfonamides is 2. The van der Waals surface area contributed by atoms with Crippen molar-refractivity contribution >= 4 is 42.0 Å². The molecular formula is C50H46N2O12S2. The second kappa shape index (κ2) is 19.2. The van der Waals surface area contributed by atoms with E-state index in [0.717, 1.165) is 23.6 Å². The molecule has 0 radical (unpaired) electrons. The molecule has 0 saturated carbocycles. The van der Waals surface area contributed by atoms with Gasteiger partial charge in [-0.3, -0.25) is 0 Å². The van der Waals surface area contributed by atoms with Crippen LogP contribution in [0.15, 0.2) is 164 Å². The molecule has 0 saturated heterocycles. The molecule has 16 heteroatoms. The van der Waals surface area contributed by atoms with Gasteiger partial charge in [0, 0.05) is 46.9 Å². The van der Waals surface area contributed by atoms with Crippen molar-refractivity contribution in [2.45, 2.75) is 34.7 Å². The highest BCUT2D eigenvalue weighted by atomic mass is 32.2. The Labute approximate surface area is 382 Å². The molecule has 2 aliphatic rings. The van der Waals surface area contributed by atoms with Crippen molar-refractivity contribution in [2.24, 2.45) is 0 Å². The SMILES string of the molecule is COc1ccccc1[C@@H](NS(=O)(=O)c1ccc2c(c1)OCCCO2)c1cc2ccccc2o1.COc1ccccc1[C@H](NS(=O)(=O)c1ccc2c(c1)OCCCO2)c1cc2ccccc2o1. The van der Waals surface area contributed by atoms with E-state index in [2.05, 4.69) is 9.44 Å². The molecule has 0 fully saturated rings. The topological polar surface area (TPSA) is 174 Å². The van der Waals surface area contributed by atoms with E-state index in [4.69, 9.17) is 37.3 Å². The van der Waals surface area contributed by atoms with Gasteiger partial charge in [-0.05, 0) is 60.7 Å². The molecule has 2 N–H and O–H groups in total. The summed E-state index contributed by atoms with van der Waals surface area (Å²) in [5.41, 5.74) is 2.61. The number of benzene rings is 6. The molecule has 4 heterocycles. The third-order valence-corrected chi connectivity index (χ3v) is 13.8. The van der Waals surface area contributed by atoms with Crippen molar-refractivity contribution < 1.29 is 54.1 Å². The predicted molar refractivity (Wildman–Crippen MR) is 247 cm³/mol. The Morgan fingerprint density at radius 1 is 0.455 bits per heavy atom. The number of fused-ring (bicyclic) bond motifs is 4. The highest BCUT2D eigenvalue weighted by Gasteiger charge is 2.31. The second-order valence-corrected chi connectivity index (χ2v) is 18.7. The van der Waals surface area contributed by atoms with Gasteiger partial charge in [-0.1, -0.05) is 72.8 Å². The van der Waals surface area contributed by atoms with Gasteiger partial charge in [-0.2, -0.15) is 9.44 Å². The van der Waals surface area contributed by atoms with Crippen LogP contribution in [0.1, 0.15) is 47.6 Å². The minimum absolute atomic E-state index is 0.0720. The van der Waals surface area contributed by atoms with Gasteiger partial charge in [-0.15, -0.1) is 0 Å². The van der Waals surface area contributed by atoms with Gasteiger partial charge >= 0.3 is 0 Å². The highest BCUT2D eigenvalue weighted by Crippen LogP contribution is 2.38. The Balaban J connectivity index is 0.000000166. The Bertz CT molecular complexity index is 2940. The smallest absolute Gasteiger partial charge is 0.241 e. The molecule has 0 aliphatic carbocycles. The van der Waals surface area contributed by atoms with Crippen LogP contribution in [-0.4, -0.2) is 57.5 Å². The molecule has 2 aliphatic heterocycles. The number of rotatable bonds is 12. The van der Waals surface area contributed by atoms with Gasteiger partial charge in [0.05, 0.1) is 50.4 Å². The van der Waals surface area contributed by atoms with Crippen molar-refractivity contribution in [1.82, 2.24) is 9.44 Å². The molecule has 66 heavy (non-hydrogen) atoms. The van der Waals surface area contributed by atoms with E-state index < -0.39 is 32.1 Å². The molecule has 6 aromatic carbocycles. The second-order valence-electron chi connectivity index (χ2n) is 15.3. The van der Waals surface area contributed by atoms with Crippen LogP contribution in [0.4, 0.5) is 0 Å². The monoisotopic (exact) mass is 930 g/mol. The van der Waals surface area contributed by atoms with Gasteiger partial charge in [0.25, 0.3) is 0 Å². The number of nitrogens with one attached hydrogen (secondary N) is 2. The van der Waals surface area contributed by atoms with Crippen LogP contribution in [-0.2, 0) is 20.0 Å². The van der Waals surface area contributed by atoms with Gasteiger partial charge in [-0.25, -0.2) is 16.8 Å². The fourth-order valence-electron chi connectivity index (χ4n) is 7.72. The first-order valence-electron chi connectivity index (χ1n) is 21.2. The minimum atomic E-state index is -3.96. The van der Waals surface area contributed by atoms with Gasteiger partial charge < -0.3 is 37.3 Å². The standard InChI is InChI=1S/2C25H23NO6S/c2*1-29-21-10-5-3-8-19(21)25(24-15-17-7-2-4-9-20(17)32-24)26-33(27,28)18-11-12-22-23(16-18)31-14-6-13-30-22/h2*2-5,7-12,15-16,25-26H,6,13-14H2,1H3/t2*25-/m10/s1. The first-order valence-corrected chi connectivity index (χ1v) is 24.1. The van der Waals surface area contributed by atoms with Crippen molar-refractivity contribution in [1.29, 1.82) is 0 Å². The summed E-state index contributed by atoms with van der Waals surface area (Å²) in [5.74, 6) is 3.89. The normalized spacial score (nSPS) is 14.6. The number of furan rings is 2. The van der Waals surface area contributed by atoms with Crippen molar-refractivity contribution in [2.75, 3.05) is 40.6 Å². The lowest BCUT2D eigenvalue weighted by Gasteiger charge is -2.20. The average molecular weight is 931 g/mol. The van der Waals surface area contributed by atoms with Crippen molar-refractivity contribution in [3.63, 3.8) is 0 Å². The van der Waals surface area contributed by atoms with Crippen LogP contribution >= 0.6 is 0 Å². The molecule has 8 aromatic rings. The van der Waals surface area contributed by atoms with Crippen molar-refractivity contribution in [3.05, 3.63) is 168 Å². The molecule has 0 amide bonds. The largest absolute Gasteiger partial charge is 0.496 e. The van der Waals surface area contributed by atoms with Gasteiger partial charge in [0.1, 0.15) is 46.3 Å². The molecule has 340 valence electrons. The first kappa shape index (κ1) is 44.2. The lowest BCUT2D eigenvalue weighted by molar-refractivity contribution is 0.296. The molecule has 0 spiro atoms. The van der Waals surface area contributed by atoms with Crippen LogP contribution in [0.5, 0.6) is 34.5 Å². The third-order valence-electron chi connectivity index (χ3n) is 11.0. The Hall–Kier alpha value is -6.98. The lowest BCUT2D eigenvalue weighted by Crippen LogP contribution is -2.29. The van der Waals surface area contributed by atoms with E-state index in [1.165, 1.54) is 24.3 Å². The number of ether oxygens (including phenoxy) is 6. The molecule has 2 atom stereocenters. The van der Waals surface area contributed by atoms with E-state index in [1.807, 2.05) is 97.1 Å². The van der Waals surface area contributed by atoms with E-state index in [0.29, 0.717) is 94.7 Å². The van der Waals surface area contributed by atoms with Crippen LogP contribution in [0.3, 0.4) is 0 Å². The van der Waals surface area contributed by atoms with E-state index in [1.54, 1.807) is 38.5 Å². The van der Waals surface area contributed by atoms with E-state index >= 15 is 0 Å². The third kappa shape index (κ3) is 9.53. The zero-order valence-electron chi connectivity index (χ0n) is 36.0. The summed E-state index contributed by atoms with van der Waals surface area (Å²) in [6.45, 7) is 1.98. The van der Waals surface area contributed by atoms with E-state index in [9.17, 15) is 16.8 Å². The molecule has 0 unspecified atom stereocenters. The zero-order chi connectivity index (χ0) is 45.7. The Kier molecular flexibility index (Phi) is 12.9. The minimum Gasteiger partial charge on any atom is -0.496 e. The summed E-state index contributed by atoms with van der Waals surface area (Å²) >= 11 is 0. The Morgan fingerprint density at radius 2 is 0.833 bits per heavy atom. The number of methoxy groups -OCH3 is 2. The molecule has 0 bridgehead atoms. The highest BCUT2D eigenvalue weighted by molar-refractivity contribution is 7.89. The quantitative estimate of drug-likeness (QED) is 0.119. The summed E-state index contributed by atoms with van der Waals surface area (Å²) in [5, 5.41) is 1.75. The average Bonchev–Trinajstić information content (AvgIpc) is 3.80. The summed E-state index contributed by atoms with van der Waals surface area (Å²) in [7, 11) is -4.83. The maximum absolute atomic E-state index is 13.5. The summed E-state index contributed by atoms with van der Waals surface area (Å²) in [6.07, 6.45) is 1.47. The van der Waals surface area contributed by atoms with Gasteiger partial charge in [0.15, 0.2) is 23.0 Å². The summed E-state index contributed by atoms with van der Waals surface area (Å²) in [4.78, 5) is 0.144. The summed E-state index contributed by atoms with van der Waals surface area (Å²) < 4.78 is 105. The number of para-hydroxylation sites is 4. The van der Waals surface area contributed by atoms with Crippen molar-refractivity contribution in [3.8, 4) is 34.5 Å². The summed E-state index contributed by atoms with van der Waals surface area (Å²) in [6, 6.07) is 40.9. The molecule has 14 nitrogen and oxygen atoms in total. The molecule has 10 rings (SSSR count). The van der Waals surface area contributed by atoms with Crippen LogP contribution in [0.25, 0.3) is 21.9 Å². The van der Waals surface area contributed by atoms with Crippen LogP contribution in [0.2, 0.25) is 0 Å². The maximum atomic E-state index is 13.5.